The van der Waals surface area contributed by atoms with Gasteiger partial charge in [0.2, 0.25) is 0 Å². The average molecular weight is 381 g/mol. The minimum atomic E-state index is -4.02. The van der Waals surface area contributed by atoms with E-state index in [1.807, 2.05) is 19.1 Å². The van der Waals surface area contributed by atoms with Crippen LogP contribution in [-0.2, 0) is 10.1 Å². The molecule has 2 N–H and O–H groups in total. The van der Waals surface area contributed by atoms with Crippen LogP contribution >= 0.6 is 11.6 Å². The number of piperazine rings is 1. The molecule has 2 saturated heterocycles. The lowest BCUT2D eigenvalue weighted by molar-refractivity contribution is 0.483. The molecule has 0 radical (unpaired) electrons. The molecule has 0 spiro atoms. The highest BCUT2D eigenvalue weighted by molar-refractivity contribution is 7.85. The number of nitrogens with zero attached hydrogens (tertiary/aromatic N) is 1. The summed E-state index contributed by atoms with van der Waals surface area (Å²) < 4.78 is 29.6. The van der Waals surface area contributed by atoms with Gasteiger partial charge in [0.15, 0.2) is 0 Å². The third kappa shape index (κ3) is 4.52. The van der Waals surface area contributed by atoms with E-state index in [1.165, 1.54) is 24.2 Å². The third-order valence-electron chi connectivity index (χ3n) is 4.53. The third-order valence-corrected chi connectivity index (χ3v) is 5.65. The fraction of sp³-hybridized carbons (Fsp3) is 0.333. The quantitative estimate of drug-likeness (QED) is 0.783. The Morgan fingerprint density at radius 2 is 1.76 bits per heavy atom. The Hall–Kier alpha value is -1.60. The maximum Gasteiger partial charge on any atom is 0.294 e. The van der Waals surface area contributed by atoms with Gasteiger partial charge in [0.25, 0.3) is 10.1 Å². The summed E-state index contributed by atoms with van der Waals surface area (Å²) in [6.45, 7) is 4.12. The van der Waals surface area contributed by atoms with Gasteiger partial charge in [-0.2, -0.15) is 8.42 Å². The maximum absolute atomic E-state index is 10.5. The monoisotopic (exact) mass is 380 g/mol. The average Bonchev–Trinajstić information content (AvgIpc) is 3.19. The molecule has 2 heterocycles. The van der Waals surface area contributed by atoms with E-state index < -0.39 is 10.1 Å². The number of nitrogens with one attached hydrogen (secondary N) is 1. The molecule has 5 nitrogen and oxygen atoms in total. The van der Waals surface area contributed by atoms with Crippen molar-refractivity contribution in [3.05, 3.63) is 59.1 Å². The molecule has 0 amide bonds. The van der Waals surface area contributed by atoms with Crippen LogP contribution in [-0.4, -0.2) is 38.1 Å². The lowest BCUT2D eigenvalue weighted by Crippen LogP contribution is -2.43. The molecule has 2 aromatic rings. The molecule has 4 rings (SSSR count). The second-order valence-corrected chi connectivity index (χ2v) is 8.27. The molecule has 25 heavy (non-hydrogen) atoms. The van der Waals surface area contributed by atoms with E-state index in [-0.39, 0.29) is 4.90 Å². The van der Waals surface area contributed by atoms with Crippen molar-refractivity contribution in [1.29, 1.82) is 0 Å². The minimum absolute atomic E-state index is 0.0666. The van der Waals surface area contributed by atoms with Crippen molar-refractivity contribution in [1.82, 2.24) is 5.32 Å². The summed E-state index contributed by atoms with van der Waals surface area (Å²) in [5, 5.41) is 4.32. The van der Waals surface area contributed by atoms with Crippen LogP contribution in [0.1, 0.15) is 12.0 Å². The van der Waals surface area contributed by atoms with E-state index in [0.717, 1.165) is 23.7 Å². The van der Waals surface area contributed by atoms with Crippen molar-refractivity contribution in [2.24, 2.45) is 0 Å². The molecule has 2 aliphatic heterocycles. The summed E-state index contributed by atoms with van der Waals surface area (Å²) >= 11 is 5.87. The van der Waals surface area contributed by atoms with Gasteiger partial charge in [-0.3, -0.25) is 4.55 Å². The van der Waals surface area contributed by atoms with Crippen molar-refractivity contribution in [3.8, 4) is 0 Å². The predicted octanol–water partition coefficient (Wildman–Crippen LogP) is 3.13. The van der Waals surface area contributed by atoms with Gasteiger partial charge in [-0.15, -0.1) is 0 Å². The fourth-order valence-corrected chi connectivity index (χ4v) is 3.83. The van der Waals surface area contributed by atoms with Crippen molar-refractivity contribution in [2.45, 2.75) is 30.3 Å². The molecule has 2 aromatic carbocycles. The van der Waals surface area contributed by atoms with Gasteiger partial charge in [-0.1, -0.05) is 29.3 Å². The molecule has 0 unspecified atom stereocenters. The zero-order chi connectivity index (χ0) is 18.0. The Labute approximate surface area is 153 Å². The van der Waals surface area contributed by atoms with Crippen LogP contribution < -0.4 is 10.2 Å². The Balaban J connectivity index is 0.000000151. The number of hydrogen-bond acceptors (Lipinski definition) is 4. The number of anilines is 1. The first kappa shape index (κ1) is 18.2. The molecule has 2 atom stereocenters. The van der Waals surface area contributed by atoms with Gasteiger partial charge in [0, 0.05) is 35.9 Å². The van der Waals surface area contributed by atoms with Crippen LogP contribution in [0.2, 0.25) is 5.02 Å². The molecule has 134 valence electrons. The topological polar surface area (TPSA) is 69.6 Å². The molecular weight excluding hydrogens is 360 g/mol. The van der Waals surface area contributed by atoms with Gasteiger partial charge in [-0.25, -0.2) is 0 Å². The number of rotatable bonds is 2. The predicted molar refractivity (Wildman–Crippen MR) is 100.0 cm³/mol. The van der Waals surface area contributed by atoms with Crippen LogP contribution in [0, 0.1) is 6.92 Å². The first-order valence-corrected chi connectivity index (χ1v) is 9.94. The zero-order valence-corrected chi connectivity index (χ0v) is 15.5. The molecule has 2 aliphatic rings. The van der Waals surface area contributed by atoms with Crippen LogP contribution in [0.5, 0.6) is 0 Å². The number of halogens is 1. The summed E-state index contributed by atoms with van der Waals surface area (Å²) in [6, 6.07) is 15.6. The highest BCUT2D eigenvalue weighted by Crippen LogP contribution is 2.29. The highest BCUT2D eigenvalue weighted by Gasteiger charge is 2.37. The van der Waals surface area contributed by atoms with Gasteiger partial charge < -0.3 is 10.2 Å². The summed E-state index contributed by atoms with van der Waals surface area (Å²) in [6.07, 6.45) is 1.29. The number of benzene rings is 2. The van der Waals surface area contributed by atoms with Crippen LogP contribution in [0.4, 0.5) is 5.69 Å². The van der Waals surface area contributed by atoms with Gasteiger partial charge in [0.05, 0.1) is 4.90 Å². The molecule has 2 fully saturated rings. The second kappa shape index (κ2) is 7.33. The van der Waals surface area contributed by atoms with E-state index in [1.54, 1.807) is 12.1 Å². The van der Waals surface area contributed by atoms with Crippen molar-refractivity contribution in [2.75, 3.05) is 18.0 Å². The first-order valence-electron chi connectivity index (χ1n) is 8.13. The Bertz CT molecular complexity index is 822. The number of aryl methyl sites for hydroxylation is 1. The number of fused-ring (bicyclic) bond motifs is 2. The highest BCUT2D eigenvalue weighted by atomic mass is 35.5. The second-order valence-electron chi connectivity index (χ2n) is 6.41. The van der Waals surface area contributed by atoms with Crippen LogP contribution in [0.3, 0.4) is 0 Å². The molecule has 0 aromatic heterocycles. The normalized spacial score (nSPS) is 21.8. The SMILES string of the molecule is Cc1ccc(S(=O)(=O)O)cc1.Clc1ccc(N2C[C@@H]3C[C@H]2CN3)cc1. The van der Waals surface area contributed by atoms with Crippen LogP contribution in [0.15, 0.2) is 53.4 Å². The number of hydrogen-bond donors (Lipinski definition) is 2. The van der Waals surface area contributed by atoms with Crippen molar-refractivity contribution in [3.63, 3.8) is 0 Å². The van der Waals surface area contributed by atoms with Crippen molar-refractivity contribution >= 4 is 27.4 Å². The fourth-order valence-electron chi connectivity index (χ4n) is 3.22. The van der Waals surface area contributed by atoms with Crippen LogP contribution in [0.25, 0.3) is 0 Å². The Morgan fingerprint density at radius 1 is 1.12 bits per heavy atom. The largest absolute Gasteiger partial charge is 0.366 e. The van der Waals surface area contributed by atoms with E-state index in [4.69, 9.17) is 16.2 Å². The Morgan fingerprint density at radius 3 is 2.24 bits per heavy atom. The molecule has 0 saturated carbocycles. The standard InChI is InChI=1S/C11H13ClN2.C7H8O3S/c12-8-1-3-10(4-2-8)14-7-9-5-11(14)6-13-9;1-6-2-4-7(5-3-6)11(8,9)10/h1-4,9,11,13H,5-7H2;2-5H,1H3,(H,8,9,10)/t9-,11-;/m0./s1. The Kier molecular flexibility index (Phi) is 5.34. The summed E-state index contributed by atoms with van der Waals surface area (Å²) in [5.41, 5.74) is 2.26. The minimum Gasteiger partial charge on any atom is -0.366 e. The van der Waals surface area contributed by atoms with Gasteiger partial charge in [-0.05, 0) is 49.7 Å². The van der Waals surface area contributed by atoms with Crippen molar-refractivity contribution < 1.29 is 13.0 Å². The molecular formula is C18H21ClN2O3S. The van der Waals surface area contributed by atoms with E-state index in [2.05, 4.69) is 22.3 Å². The zero-order valence-electron chi connectivity index (χ0n) is 13.9. The first-order chi connectivity index (χ1) is 11.8. The lowest BCUT2D eigenvalue weighted by atomic mass is 10.2. The summed E-state index contributed by atoms with van der Waals surface area (Å²) in [4.78, 5) is 2.42. The lowest BCUT2D eigenvalue weighted by Gasteiger charge is -2.29. The van der Waals surface area contributed by atoms with E-state index >= 15 is 0 Å². The molecule has 2 bridgehead atoms. The smallest absolute Gasteiger partial charge is 0.294 e. The van der Waals surface area contributed by atoms with Gasteiger partial charge >= 0.3 is 0 Å². The molecule has 0 aliphatic carbocycles. The summed E-state index contributed by atoms with van der Waals surface area (Å²) in [5.74, 6) is 0. The van der Waals surface area contributed by atoms with E-state index in [9.17, 15) is 8.42 Å². The molecule has 7 heteroatoms. The van der Waals surface area contributed by atoms with E-state index in [0.29, 0.717) is 12.1 Å². The maximum atomic E-state index is 10.5. The van der Waals surface area contributed by atoms with Gasteiger partial charge in [0.1, 0.15) is 0 Å². The summed E-state index contributed by atoms with van der Waals surface area (Å²) in [7, 11) is -4.02.